The smallest absolute Gasteiger partial charge is 0.276 e. The van der Waals surface area contributed by atoms with Crippen LogP contribution in [0.25, 0.3) is 5.70 Å². The van der Waals surface area contributed by atoms with Crippen molar-refractivity contribution in [3.63, 3.8) is 0 Å². The van der Waals surface area contributed by atoms with Crippen LogP contribution in [0.2, 0.25) is 0 Å². The third-order valence-electron chi connectivity index (χ3n) is 5.43. The molecule has 1 atom stereocenters. The molecule has 0 unspecified atom stereocenters. The van der Waals surface area contributed by atoms with E-state index in [1.165, 1.54) is 22.9 Å². The molecule has 1 N–H and O–H groups in total. The lowest BCUT2D eigenvalue weighted by Gasteiger charge is -2.34. The first-order chi connectivity index (χ1) is 15.6. The topological polar surface area (TPSA) is 66.3 Å². The minimum atomic E-state index is -0.503. The van der Waals surface area contributed by atoms with Crippen LogP contribution in [0.1, 0.15) is 22.9 Å². The number of carbonyl (C=O) groups is 1. The molecule has 0 saturated carbocycles. The third-order valence-corrected chi connectivity index (χ3v) is 6.36. The van der Waals surface area contributed by atoms with E-state index in [0.717, 1.165) is 16.1 Å². The molecule has 7 heteroatoms. The number of methoxy groups -OCH3 is 1. The summed E-state index contributed by atoms with van der Waals surface area (Å²) in [6.45, 7) is 2.06. The normalized spacial score (nSPS) is 17.0. The highest BCUT2D eigenvalue weighted by molar-refractivity contribution is 8.13. The molecular weight excluding hydrogens is 420 g/mol. The summed E-state index contributed by atoms with van der Waals surface area (Å²) in [5, 5.41) is 11.6. The predicted octanol–water partition coefficient (Wildman–Crippen LogP) is 3.08. The molecule has 0 aliphatic carbocycles. The van der Waals surface area contributed by atoms with Gasteiger partial charge in [0.25, 0.3) is 5.91 Å². The van der Waals surface area contributed by atoms with E-state index in [1.54, 1.807) is 12.1 Å². The summed E-state index contributed by atoms with van der Waals surface area (Å²) in [4.78, 5) is 18.2. The number of nitrogens with zero attached hydrogens (tertiary/aromatic N) is 3. The van der Waals surface area contributed by atoms with Crippen LogP contribution >= 0.6 is 11.8 Å². The van der Waals surface area contributed by atoms with Crippen molar-refractivity contribution in [1.82, 2.24) is 10.3 Å². The molecule has 0 saturated heterocycles. The second-order valence-electron chi connectivity index (χ2n) is 7.59. The number of fused-ring (bicyclic) bond motifs is 2. The van der Waals surface area contributed by atoms with E-state index in [1.807, 2.05) is 48.5 Å². The number of aryl methyl sites for hydroxylation is 1. The van der Waals surface area contributed by atoms with Crippen LogP contribution < -0.4 is 20.6 Å². The third kappa shape index (κ3) is 3.76. The van der Waals surface area contributed by atoms with Gasteiger partial charge in [-0.1, -0.05) is 78.0 Å². The number of nitrogens with one attached hydrogen (secondary N) is 1. The van der Waals surface area contributed by atoms with E-state index in [4.69, 9.17) is 14.8 Å². The lowest BCUT2D eigenvalue weighted by Crippen LogP contribution is -2.50. The van der Waals surface area contributed by atoms with Gasteiger partial charge in [-0.05, 0) is 24.6 Å². The van der Waals surface area contributed by atoms with E-state index in [2.05, 4.69) is 36.5 Å². The molecule has 2 heterocycles. The first kappa shape index (κ1) is 20.3. The maximum absolute atomic E-state index is 13.2. The van der Waals surface area contributed by atoms with Gasteiger partial charge >= 0.3 is 0 Å². The highest BCUT2D eigenvalue weighted by Crippen LogP contribution is 2.35. The molecule has 3 aromatic rings. The first-order valence-electron chi connectivity index (χ1n) is 10.3. The fourth-order valence-corrected chi connectivity index (χ4v) is 4.62. The van der Waals surface area contributed by atoms with Crippen LogP contribution in [-0.4, -0.2) is 23.2 Å². The van der Waals surface area contributed by atoms with Gasteiger partial charge in [0.1, 0.15) is 11.4 Å². The maximum Gasteiger partial charge on any atom is 0.276 e. The van der Waals surface area contributed by atoms with Crippen molar-refractivity contribution in [2.75, 3.05) is 7.11 Å². The molecule has 0 radical (unpaired) electrons. The minimum Gasteiger partial charge on any atom is -0.496 e. The van der Waals surface area contributed by atoms with Gasteiger partial charge in [-0.3, -0.25) is 15.1 Å². The molecule has 6 nitrogen and oxygen atoms in total. The molecule has 2 aliphatic rings. The van der Waals surface area contributed by atoms with E-state index in [9.17, 15) is 4.79 Å². The molecular formula is C25H22N4O2S. The van der Waals surface area contributed by atoms with Gasteiger partial charge in [-0.15, -0.1) is 5.10 Å². The fourth-order valence-electron chi connectivity index (χ4n) is 3.81. The quantitative estimate of drug-likeness (QED) is 0.674. The summed E-state index contributed by atoms with van der Waals surface area (Å²) in [6, 6.07) is 23.7. The highest BCUT2D eigenvalue weighted by Gasteiger charge is 2.35. The monoisotopic (exact) mass is 442 g/mol. The van der Waals surface area contributed by atoms with Gasteiger partial charge < -0.3 is 4.74 Å². The van der Waals surface area contributed by atoms with Crippen molar-refractivity contribution in [2.45, 2.75) is 18.8 Å². The number of hydrogen-bond acceptors (Lipinski definition) is 6. The number of ether oxygens (including phenoxy) is 1. The van der Waals surface area contributed by atoms with Gasteiger partial charge in [0.05, 0.1) is 12.5 Å². The van der Waals surface area contributed by atoms with Crippen LogP contribution in [0.3, 0.4) is 0 Å². The molecule has 32 heavy (non-hydrogen) atoms. The predicted molar refractivity (Wildman–Crippen MR) is 126 cm³/mol. The second-order valence-corrected chi connectivity index (χ2v) is 8.55. The van der Waals surface area contributed by atoms with E-state index in [0.29, 0.717) is 22.4 Å². The minimum absolute atomic E-state index is 0.186. The zero-order valence-corrected chi connectivity index (χ0v) is 18.6. The van der Waals surface area contributed by atoms with Gasteiger partial charge in [0, 0.05) is 16.5 Å². The Morgan fingerprint density at radius 2 is 1.78 bits per heavy atom. The number of hydrazone groups is 1. The Morgan fingerprint density at radius 1 is 1.03 bits per heavy atom. The highest BCUT2D eigenvalue weighted by atomic mass is 32.2. The number of amides is 1. The molecule has 0 bridgehead atoms. The van der Waals surface area contributed by atoms with Crippen molar-refractivity contribution in [2.24, 2.45) is 10.1 Å². The second kappa shape index (κ2) is 8.51. The number of carbonyl (C=O) groups excluding carboxylic acids is 1. The van der Waals surface area contributed by atoms with Crippen LogP contribution in [-0.2, 0) is 10.5 Å². The fraction of sp³-hybridized carbons (Fsp3) is 0.160. The number of para-hydroxylation sites is 2. The van der Waals surface area contributed by atoms with E-state index in [-0.39, 0.29) is 5.91 Å². The Balaban J connectivity index is 1.57. The largest absolute Gasteiger partial charge is 0.496 e. The van der Waals surface area contributed by atoms with Crippen molar-refractivity contribution < 1.29 is 9.53 Å². The van der Waals surface area contributed by atoms with E-state index < -0.39 is 6.17 Å². The zero-order chi connectivity index (χ0) is 22.1. The van der Waals surface area contributed by atoms with Gasteiger partial charge in [-0.2, -0.15) is 0 Å². The Morgan fingerprint density at radius 3 is 2.59 bits per heavy atom. The summed E-state index contributed by atoms with van der Waals surface area (Å²) in [6.07, 6.45) is -0.503. The van der Waals surface area contributed by atoms with Crippen LogP contribution in [0.5, 0.6) is 5.75 Å². The molecule has 0 spiro atoms. The summed E-state index contributed by atoms with van der Waals surface area (Å²) >= 11 is 1.49. The standard InChI is InChI=1S/C25H22N4O2S/c1-16-11-13-17(14-12-16)15-32-25-27-24(30)22-18-7-3-5-9-20(18)26-23(29(22)28-25)19-8-4-6-10-21(19)31-2/h3-14,23H,15H2,1-2H3,(H,27,28,30)/t23-/m1/s1. The maximum atomic E-state index is 13.2. The molecule has 3 aromatic carbocycles. The summed E-state index contributed by atoms with van der Waals surface area (Å²) < 4.78 is 5.58. The van der Waals surface area contributed by atoms with Crippen LogP contribution in [0.15, 0.2) is 82.9 Å². The van der Waals surface area contributed by atoms with E-state index >= 15 is 0 Å². The first-order valence-corrected chi connectivity index (χ1v) is 11.3. The molecule has 2 aliphatic heterocycles. The molecule has 160 valence electrons. The van der Waals surface area contributed by atoms with Crippen molar-refractivity contribution in [3.8, 4) is 5.75 Å². The summed E-state index contributed by atoms with van der Waals surface area (Å²) in [5.74, 6) is 1.22. The average Bonchev–Trinajstić information content (AvgIpc) is 2.83. The zero-order valence-electron chi connectivity index (χ0n) is 17.8. The summed E-state index contributed by atoms with van der Waals surface area (Å²) in [5.41, 5.74) is 3.73. The summed E-state index contributed by atoms with van der Waals surface area (Å²) in [7, 11) is 1.63. The Bertz CT molecular complexity index is 1330. The molecule has 0 fully saturated rings. The Kier molecular flexibility index (Phi) is 5.41. The molecule has 1 amide bonds. The number of amidine groups is 1. The number of benzene rings is 3. The van der Waals surface area contributed by atoms with Crippen molar-refractivity contribution >= 4 is 28.5 Å². The number of rotatable bonds is 4. The average molecular weight is 443 g/mol. The van der Waals surface area contributed by atoms with Crippen molar-refractivity contribution in [3.05, 3.63) is 100 Å². The van der Waals surface area contributed by atoms with Gasteiger partial charge in [0.15, 0.2) is 11.3 Å². The van der Waals surface area contributed by atoms with Gasteiger partial charge in [0.2, 0.25) is 0 Å². The Labute approximate surface area is 190 Å². The van der Waals surface area contributed by atoms with Gasteiger partial charge in [-0.25, -0.2) is 5.01 Å². The number of thioether (sulfide) groups is 1. The molecule has 5 rings (SSSR count). The van der Waals surface area contributed by atoms with Crippen molar-refractivity contribution in [1.29, 1.82) is 0 Å². The lowest BCUT2D eigenvalue weighted by molar-refractivity contribution is -0.116. The molecule has 0 aromatic heterocycles. The SMILES string of the molecule is COc1ccccc1[C@@H]1N=c2ccccc2=C2C(=O)NC(SCc3ccc(C)cc3)=NN21. The van der Waals surface area contributed by atoms with Crippen LogP contribution in [0, 0.1) is 6.92 Å². The Hall–Kier alpha value is -3.58. The van der Waals surface area contributed by atoms with Crippen LogP contribution in [0.4, 0.5) is 0 Å². The number of hydrogen-bond donors (Lipinski definition) is 1. The lowest BCUT2D eigenvalue weighted by atomic mass is 10.1.